The van der Waals surface area contributed by atoms with Gasteiger partial charge >= 0.3 is 0 Å². The van der Waals surface area contributed by atoms with Crippen LogP contribution >= 0.6 is 0 Å². The highest BCUT2D eigenvalue weighted by Gasteiger charge is 2.29. The minimum atomic E-state index is -0.606. The molecule has 0 fully saturated rings. The van der Waals surface area contributed by atoms with Crippen LogP contribution in [0.3, 0.4) is 0 Å². The van der Waals surface area contributed by atoms with E-state index in [1.54, 1.807) is 62.2 Å². The molecule has 98 heavy (non-hydrogen) atoms. The molecule has 0 saturated heterocycles. The summed E-state index contributed by atoms with van der Waals surface area (Å²) in [6.07, 6.45) is 6.04. The molecule has 0 radical (unpaired) electrons. The van der Waals surface area contributed by atoms with E-state index in [1.165, 1.54) is 68.1 Å². The van der Waals surface area contributed by atoms with Gasteiger partial charge in [0.05, 0.1) is 0 Å². The third-order valence-corrected chi connectivity index (χ3v) is 17.1. The minimum Gasteiger partial charge on any atom is -0.507 e. The second-order valence-corrected chi connectivity index (χ2v) is 23.1. The first-order chi connectivity index (χ1) is 46.1. The molecule has 0 atom stereocenters. The second-order valence-electron chi connectivity index (χ2n) is 23.1. The van der Waals surface area contributed by atoms with Gasteiger partial charge in [0.2, 0.25) is 0 Å². The molecule has 0 aliphatic carbocycles. The summed E-state index contributed by atoms with van der Waals surface area (Å²) in [6, 6.07) is 2.95. The molecule has 0 bridgehead atoms. The summed E-state index contributed by atoms with van der Waals surface area (Å²) in [5.74, 6) is -4.72. The van der Waals surface area contributed by atoms with Gasteiger partial charge in [-0.3, -0.25) is 62.1 Å². The number of pyridine rings is 6. The molecule has 31 nitrogen and oxygen atoms in total. The van der Waals surface area contributed by atoms with E-state index in [9.17, 15) is 88.2 Å². The van der Waals surface area contributed by atoms with Crippen LogP contribution in [-0.2, 0) is 56.9 Å². The van der Waals surface area contributed by atoms with Crippen molar-refractivity contribution in [3.63, 3.8) is 0 Å². The van der Waals surface area contributed by atoms with Gasteiger partial charge in [0, 0.05) is 150 Å². The fourth-order valence-electron chi connectivity index (χ4n) is 11.3. The zero-order valence-corrected chi connectivity index (χ0v) is 58.6. The molecule has 9 rings (SSSR count). The lowest BCUT2D eigenvalue weighted by molar-refractivity contribution is 0.0825. The number of carbonyl (C=O) groups is 6. The van der Waals surface area contributed by atoms with Crippen LogP contribution in [0.2, 0.25) is 0 Å². The zero-order valence-electron chi connectivity index (χ0n) is 58.6. The Labute approximate surface area is 564 Å². The maximum Gasteiger partial charge on any atom is 0.269 e. The lowest BCUT2D eigenvalue weighted by Gasteiger charge is -2.19. The first-order valence-electron chi connectivity index (χ1n) is 31.7. The molecule has 0 aromatic carbocycles. The number of carbonyl (C=O) groups excluding carboxylic acids is 6. The van der Waals surface area contributed by atoms with Crippen molar-refractivity contribution in [3.8, 4) is 34.5 Å². The van der Waals surface area contributed by atoms with Crippen LogP contribution in [0.5, 0.6) is 34.5 Å². The largest absolute Gasteiger partial charge is 0.507 e. The van der Waals surface area contributed by atoms with E-state index in [4.69, 9.17) is 4.74 Å². The highest BCUT2D eigenvalue weighted by molar-refractivity contribution is 5.99. The van der Waals surface area contributed by atoms with Gasteiger partial charge in [0.1, 0.15) is 74.6 Å². The van der Waals surface area contributed by atoms with Crippen molar-refractivity contribution in [2.45, 2.75) is 160 Å². The molecule has 6 amide bonds. The Morgan fingerprint density at radius 1 is 0.418 bits per heavy atom. The van der Waals surface area contributed by atoms with Gasteiger partial charge in [-0.25, -0.2) is 0 Å². The third kappa shape index (κ3) is 16.7. The number of amides is 6. The van der Waals surface area contributed by atoms with E-state index >= 15 is 0 Å². The lowest BCUT2D eigenvalue weighted by Crippen LogP contribution is -2.34. The van der Waals surface area contributed by atoms with E-state index in [-0.39, 0.29) is 80.7 Å². The predicted molar refractivity (Wildman–Crippen MR) is 365 cm³/mol. The van der Waals surface area contributed by atoms with Crippen LogP contribution in [0.4, 0.5) is 0 Å². The zero-order chi connectivity index (χ0) is 74.2. The van der Waals surface area contributed by atoms with E-state index in [1.807, 2.05) is 27.7 Å². The van der Waals surface area contributed by atoms with Crippen LogP contribution in [0.15, 0.2) is 40.9 Å². The molecule has 6 aromatic rings. The van der Waals surface area contributed by atoms with Gasteiger partial charge < -0.3 is 90.1 Å². The Kier molecular flexibility index (Phi) is 28.3. The van der Waals surface area contributed by atoms with Crippen molar-refractivity contribution < 1.29 is 64.1 Å². The molecule has 31 heteroatoms. The number of aromatic hydroxyl groups is 6. The van der Waals surface area contributed by atoms with Gasteiger partial charge in [-0.15, -0.1) is 0 Å². The molecule has 534 valence electrons. The van der Waals surface area contributed by atoms with Crippen LogP contribution in [0, 0.1) is 48.5 Å². The molecule has 3 aliphatic heterocycles. The Morgan fingerprint density at radius 2 is 0.745 bits per heavy atom. The SMILES string of the molecule is CCOCn1c(C)c(C)c(O)c(C(=O)NC)c1=O.CCn1c(C)c(C)c(O)c(C(=O)NC)c1=O.CNC(=O)c1c(O)c(C)c(C)n(C(C)C)c1=O.CNC(=O)c1c(O)c(C)c2n(c1=O)CCC2.CNC(=O)c1c(O)cc2n(c1=O)CCC2.CNC(=O)c1c(O)cc2n(c1=O)CCCC2. The second kappa shape index (κ2) is 34.8. The summed E-state index contributed by atoms with van der Waals surface area (Å²) < 4.78 is 14.2. The van der Waals surface area contributed by atoms with Crippen LogP contribution < -0.4 is 65.3 Å². The molecule has 0 unspecified atom stereocenters. The Morgan fingerprint density at radius 3 is 1.15 bits per heavy atom. The third-order valence-electron chi connectivity index (χ3n) is 17.1. The standard InChI is InChI=1S/C12H18N2O4.C12H18N2O3.2C11H14N2O3.C11H16N2O3.C10H12N2O3/c1-5-18-6-14-8(3)7(2)10(15)9(12(14)17)11(16)13-4;1-6(2)14-8(4)7(3)10(15)9(12(14)17)11(16)13-5;1-6-7-4-3-5-13(7)11(16)8(9(6)14)10(15)12-2;1-12-10(15)9-8(14)6-7-4-2-3-5-13(7)11(9)16;1-5-13-7(3)6(2)9(14)8(11(13)16)10(15)12-4;1-11-9(14)8-7(13)5-6-3-2-4-12(6)10(8)15/h15H,5-6H2,1-4H3,(H,13,16);6,15H,1-5H3,(H,13,16);14H,3-5H2,1-2H3,(H,12,15);6,14H,2-5H2,1H3,(H,12,15);14H,5H2,1-4H3,(H,12,15);5,13H,2-4H2,1H3,(H,11,14). The molecule has 12 N–H and O–H groups in total. The normalized spacial score (nSPS) is 12.1. The highest BCUT2D eigenvalue weighted by atomic mass is 16.5. The maximum absolute atomic E-state index is 12.1. The van der Waals surface area contributed by atoms with E-state index < -0.39 is 68.8 Å². The molecular formula is C67H92N12O19. The Balaban J connectivity index is 0.000000250. The molecule has 6 aromatic heterocycles. The number of rotatable bonds is 11. The highest BCUT2D eigenvalue weighted by Crippen LogP contribution is 2.29. The van der Waals surface area contributed by atoms with Crippen molar-refractivity contribution in [1.82, 2.24) is 59.3 Å². The number of aryl methyl sites for hydroxylation is 2. The fraction of sp³-hybridized carbons (Fsp3) is 0.463. The number of aromatic nitrogens is 6. The number of nitrogens with one attached hydrogen (secondary N) is 6. The molecule has 0 saturated carbocycles. The van der Waals surface area contributed by atoms with Gasteiger partial charge in [-0.05, 0) is 121 Å². The lowest BCUT2D eigenvalue weighted by atomic mass is 10.1. The average Bonchev–Trinajstić information content (AvgIpc) is 1.41. The van der Waals surface area contributed by atoms with Crippen molar-refractivity contribution in [1.29, 1.82) is 0 Å². The quantitative estimate of drug-likeness (QED) is 0.0886. The maximum atomic E-state index is 12.1. The van der Waals surface area contributed by atoms with Crippen molar-refractivity contribution in [2.24, 2.45) is 0 Å². The van der Waals surface area contributed by atoms with Gasteiger partial charge in [-0.2, -0.15) is 0 Å². The molecule has 3 aliphatic rings. The summed E-state index contributed by atoms with van der Waals surface area (Å²) in [5.41, 5.74) is 2.87. The number of fused-ring (bicyclic) bond motifs is 3. The van der Waals surface area contributed by atoms with E-state index in [2.05, 4.69) is 31.9 Å². The Bertz CT molecular complexity index is 4420. The predicted octanol–water partition coefficient (Wildman–Crippen LogP) is 2.46. The summed E-state index contributed by atoms with van der Waals surface area (Å²) in [4.78, 5) is 141. The summed E-state index contributed by atoms with van der Waals surface area (Å²) in [7, 11) is 8.56. The molecule has 0 spiro atoms. The first-order valence-corrected chi connectivity index (χ1v) is 31.7. The monoisotopic (exact) mass is 1370 g/mol. The number of hydrogen-bond donors (Lipinski definition) is 12. The number of nitrogens with zero attached hydrogens (tertiary/aromatic N) is 6. The van der Waals surface area contributed by atoms with Gasteiger partial charge in [0.15, 0.2) is 0 Å². The van der Waals surface area contributed by atoms with Crippen LogP contribution in [0.1, 0.15) is 178 Å². The van der Waals surface area contributed by atoms with Gasteiger partial charge in [-0.1, -0.05) is 0 Å². The summed E-state index contributed by atoms with van der Waals surface area (Å²) >= 11 is 0. The van der Waals surface area contributed by atoms with Crippen LogP contribution in [0.25, 0.3) is 0 Å². The fourth-order valence-corrected chi connectivity index (χ4v) is 11.3. The average molecular weight is 1370 g/mol. The van der Waals surface area contributed by atoms with E-state index in [0.717, 1.165) is 62.0 Å². The Hall–Kier alpha value is -10.7. The topological polar surface area (TPSA) is 437 Å². The molecular weight excluding hydrogens is 1280 g/mol. The van der Waals surface area contributed by atoms with Crippen molar-refractivity contribution >= 4 is 35.4 Å². The van der Waals surface area contributed by atoms with Gasteiger partial charge in [0.25, 0.3) is 68.8 Å². The molecule has 9 heterocycles. The van der Waals surface area contributed by atoms with E-state index in [0.29, 0.717) is 72.1 Å². The number of hydrogen-bond acceptors (Lipinski definition) is 19. The van der Waals surface area contributed by atoms with Crippen molar-refractivity contribution in [3.05, 3.63) is 164 Å². The summed E-state index contributed by atoms with van der Waals surface area (Å²) in [5, 5.41) is 72.8. The minimum absolute atomic E-state index is 0.0618. The number of ether oxygens (including phenoxy) is 1. The smallest absolute Gasteiger partial charge is 0.269 e. The first kappa shape index (κ1) is 79.7. The summed E-state index contributed by atoms with van der Waals surface area (Å²) in [6.45, 7) is 22.2. The van der Waals surface area contributed by atoms with Crippen LogP contribution in [-0.4, -0.2) is 142 Å². The van der Waals surface area contributed by atoms with Crippen molar-refractivity contribution in [2.75, 3.05) is 48.9 Å².